The smallest absolute Gasteiger partial charge is 0.412 e. The van der Waals surface area contributed by atoms with Gasteiger partial charge in [0.2, 0.25) is 0 Å². The first-order valence-electron chi connectivity index (χ1n) is 16.0. The van der Waals surface area contributed by atoms with Crippen molar-refractivity contribution < 1.29 is 42.4 Å². The summed E-state index contributed by atoms with van der Waals surface area (Å²) in [6.07, 6.45) is -4.21. The van der Waals surface area contributed by atoms with Crippen molar-refractivity contribution in [2.45, 2.75) is 77.3 Å². The van der Waals surface area contributed by atoms with Crippen LogP contribution in [0, 0.1) is 24.1 Å². The van der Waals surface area contributed by atoms with Crippen LogP contribution in [0.3, 0.4) is 0 Å². The van der Waals surface area contributed by atoms with Crippen LogP contribution >= 0.6 is 0 Å². The van der Waals surface area contributed by atoms with Crippen LogP contribution in [0.25, 0.3) is 0 Å². The number of carbonyl (C=O) groups excluding carboxylic acids is 2. The Kier molecular flexibility index (Phi) is 14.1. The fraction of sp³-hybridized carbons (Fsp3) is 0.417. The number of nitrogens with one attached hydrogen (secondary N) is 2. The summed E-state index contributed by atoms with van der Waals surface area (Å²) in [5, 5.41) is 14.4. The quantitative estimate of drug-likeness (QED) is 0.163. The van der Waals surface area contributed by atoms with E-state index in [1.807, 2.05) is 51.1 Å². The van der Waals surface area contributed by atoms with Gasteiger partial charge < -0.3 is 28.4 Å². The van der Waals surface area contributed by atoms with Crippen molar-refractivity contribution in [1.29, 1.82) is 5.26 Å². The van der Waals surface area contributed by atoms with E-state index in [2.05, 4.69) is 10.6 Å². The van der Waals surface area contributed by atoms with Crippen molar-refractivity contribution in [3.63, 3.8) is 0 Å². The Hall–Kier alpha value is -4.54. The van der Waals surface area contributed by atoms with Crippen molar-refractivity contribution in [3.05, 3.63) is 95.3 Å². The van der Waals surface area contributed by atoms with Gasteiger partial charge in [0.05, 0.1) is 18.2 Å². The number of ether oxygens (including phenoxy) is 6. The second-order valence-corrected chi connectivity index (χ2v) is 11.2. The zero-order valence-corrected chi connectivity index (χ0v) is 27.4. The molecule has 12 heteroatoms. The Bertz CT molecular complexity index is 1520. The van der Waals surface area contributed by atoms with Gasteiger partial charge in [-0.1, -0.05) is 50.6 Å². The second-order valence-electron chi connectivity index (χ2n) is 11.2. The number of aryl methyl sites for hydroxylation is 1. The van der Waals surface area contributed by atoms with Gasteiger partial charge >= 0.3 is 12.2 Å². The molecule has 48 heavy (non-hydrogen) atoms. The number of hydrogen-bond donors (Lipinski definition) is 2. The summed E-state index contributed by atoms with van der Waals surface area (Å²) in [6.45, 7) is 6.50. The summed E-state index contributed by atoms with van der Waals surface area (Å²) in [5.41, 5.74) is 3.03. The Labute approximate surface area is 280 Å². The van der Waals surface area contributed by atoms with Crippen LogP contribution in [-0.2, 0) is 35.0 Å². The van der Waals surface area contributed by atoms with Crippen molar-refractivity contribution in [2.24, 2.45) is 0 Å². The number of rotatable bonds is 15. The van der Waals surface area contributed by atoms with Gasteiger partial charge in [0.15, 0.2) is 12.4 Å². The van der Waals surface area contributed by atoms with Crippen LogP contribution in [0.15, 0.2) is 72.8 Å². The molecule has 1 aliphatic rings. The highest BCUT2D eigenvalue weighted by molar-refractivity contribution is 5.85. The lowest BCUT2D eigenvalue weighted by Gasteiger charge is -2.45. The monoisotopic (exact) mass is 663 g/mol. The predicted octanol–water partition coefficient (Wildman–Crippen LogP) is 7.09. The molecule has 256 valence electrons. The SMILES string of the molecule is CCCCO[C@@H]1O[C@H](COC(=O)Nc2cccc(C#N)c2)[C@@H](OC(=O)Nc2ccc(F)cc2)[C@H](OCCC)[C@H]1OCc1ccccc1C. The Morgan fingerprint density at radius 1 is 0.854 bits per heavy atom. The lowest BCUT2D eigenvalue weighted by Crippen LogP contribution is -2.62. The highest BCUT2D eigenvalue weighted by atomic mass is 19.1. The van der Waals surface area contributed by atoms with Crippen LogP contribution in [0.4, 0.5) is 25.4 Å². The fourth-order valence-corrected chi connectivity index (χ4v) is 4.99. The largest absolute Gasteiger partial charge is 0.446 e. The van der Waals surface area contributed by atoms with E-state index < -0.39 is 48.7 Å². The molecule has 1 heterocycles. The van der Waals surface area contributed by atoms with Gasteiger partial charge in [-0.25, -0.2) is 14.0 Å². The third-order valence-corrected chi connectivity index (χ3v) is 7.53. The second kappa shape index (κ2) is 18.7. The van der Waals surface area contributed by atoms with Crippen LogP contribution in [0.2, 0.25) is 0 Å². The maximum absolute atomic E-state index is 13.5. The summed E-state index contributed by atoms with van der Waals surface area (Å²) in [7, 11) is 0. The van der Waals surface area contributed by atoms with Crippen LogP contribution < -0.4 is 10.6 Å². The molecule has 5 atom stereocenters. The molecule has 3 aromatic rings. The van der Waals surface area contributed by atoms with E-state index in [4.69, 9.17) is 28.4 Å². The number of anilines is 2. The van der Waals surface area contributed by atoms with Crippen LogP contribution in [0.1, 0.15) is 49.8 Å². The molecule has 0 spiro atoms. The number of unbranched alkanes of at least 4 members (excludes halogenated alkanes) is 1. The molecule has 0 unspecified atom stereocenters. The van der Waals surface area contributed by atoms with Gasteiger partial charge in [-0.05, 0) is 73.4 Å². The van der Waals surface area contributed by atoms with Crippen molar-refractivity contribution in [1.82, 2.24) is 0 Å². The number of halogens is 1. The zero-order chi connectivity index (χ0) is 34.3. The third-order valence-electron chi connectivity index (χ3n) is 7.53. The highest BCUT2D eigenvalue weighted by Gasteiger charge is 2.50. The van der Waals surface area contributed by atoms with Crippen molar-refractivity contribution >= 4 is 23.6 Å². The lowest BCUT2D eigenvalue weighted by molar-refractivity contribution is -0.316. The summed E-state index contributed by atoms with van der Waals surface area (Å²) >= 11 is 0. The standard InChI is InChI=1S/C36H42FN3O8/c1-4-6-19-44-34-33(45-22-26-12-8-7-10-24(26)3)32(43-18-5-2)31(48-36(42)39-28-16-14-27(37)15-17-28)30(47-34)23-46-35(41)40-29-13-9-11-25(20-29)21-38/h7-17,20,30-34H,4-6,18-19,22-23H2,1-3H3,(H,39,42)(H,40,41)/t30-,31-,32+,33-,34-/m1/s1. The third kappa shape index (κ3) is 10.7. The molecule has 2 N–H and O–H groups in total. The molecular formula is C36H42FN3O8. The van der Waals surface area contributed by atoms with Gasteiger partial charge in [-0.3, -0.25) is 10.6 Å². The molecular weight excluding hydrogens is 621 g/mol. The summed E-state index contributed by atoms with van der Waals surface area (Å²) in [4.78, 5) is 26.1. The van der Waals surface area contributed by atoms with Crippen molar-refractivity contribution in [2.75, 3.05) is 30.5 Å². The normalized spacial score (nSPS) is 20.4. The average Bonchev–Trinajstić information content (AvgIpc) is 3.08. The lowest BCUT2D eigenvalue weighted by atomic mass is 9.98. The number of nitrogens with zero attached hydrogens (tertiary/aromatic N) is 1. The number of benzene rings is 3. The highest BCUT2D eigenvalue weighted by Crippen LogP contribution is 2.31. The van der Waals surface area contributed by atoms with Crippen molar-refractivity contribution in [3.8, 4) is 6.07 Å². The topological polar surface area (TPSA) is 137 Å². The molecule has 11 nitrogen and oxygen atoms in total. The molecule has 0 saturated carbocycles. The maximum atomic E-state index is 13.5. The summed E-state index contributed by atoms with van der Waals surface area (Å²) in [5.74, 6) is -0.458. The first-order valence-corrected chi connectivity index (χ1v) is 16.0. The fourth-order valence-electron chi connectivity index (χ4n) is 4.99. The van der Waals surface area contributed by atoms with Gasteiger partial charge in [-0.15, -0.1) is 0 Å². The van der Waals surface area contributed by atoms with E-state index >= 15 is 0 Å². The molecule has 0 aliphatic carbocycles. The van der Waals surface area contributed by atoms with Crippen LogP contribution in [0.5, 0.6) is 0 Å². The maximum Gasteiger partial charge on any atom is 0.412 e. The molecule has 0 radical (unpaired) electrons. The van der Waals surface area contributed by atoms with Gasteiger partial charge in [0, 0.05) is 24.6 Å². The minimum absolute atomic E-state index is 0.208. The van der Waals surface area contributed by atoms with E-state index in [9.17, 15) is 19.2 Å². The number of carbonyl (C=O) groups is 2. The minimum Gasteiger partial charge on any atom is -0.446 e. The molecule has 3 aromatic carbocycles. The molecule has 0 aromatic heterocycles. The van der Waals surface area contributed by atoms with Gasteiger partial charge in [0.1, 0.15) is 30.7 Å². The van der Waals surface area contributed by atoms with E-state index in [1.54, 1.807) is 18.2 Å². The number of nitriles is 1. The molecule has 1 fully saturated rings. The van der Waals surface area contributed by atoms with E-state index in [1.165, 1.54) is 30.3 Å². The predicted molar refractivity (Wildman–Crippen MR) is 176 cm³/mol. The average molecular weight is 664 g/mol. The Morgan fingerprint density at radius 3 is 2.35 bits per heavy atom. The molecule has 1 aliphatic heterocycles. The number of amides is 2. The Morgan fingerprint density at radius 2 is 1.62 bits per heavy atom. The summed E-state index contributed by atoms with van der Waals surface area (Å²) < 4.78 is 50.3. The molecule has 2 amide bonds. The minimum atomic E-state index is -1.13. The molecule has 0 bridgehead atoms. The van der Waals surface area contributed by atoms with Gasteiger partial charge in [0.25, 0.3) is 0 Å². The first-order chi connectivity index (χ1) is 23.3. The number of hydrogen-bond acceptors (Lipinski definition) is 9. The van der Waals surface area contributed by atoms with E-state index in [0.29, 0.717) is 36.6 Å². The van der Waals surface area contributed by atoms with E-state index in [0.717, 1.165) is 24.0 Å². The van der Waals surface area contributed by atoms with Crippen LogP contribution in [-0.4, -0.2) is 62.7 Å². The summed E-state index contributed by atoms with van der Waals surface area (Å²) in [6, 6.07) is 21.4. The Balaban J connectivity index is 1.60. The van der Waals surface area contributed by atoms with Gasteiger partial charge in [-0.2, -0.15) is 5.26 Å². The molecule has 1 saturated heterocycles. The van der Waals surface area contributed by atoms with E-state index in [-0.39, 0.29) is 13.2 Å². The molecule has 4 rings (SSSR count). The first kappa shape index (κ1) is 36.3. The zero-order valence-electron chi connectivity index (χ0n) is 27.4.